The highest BCUT2D eigenvalue weighted by atomic mass is 28.3. The molecule has 2 aromatic rings. The van der Waals surface area contributed by atoms with Crippen LogP contribution in [0.2, 0.25) is 13.1 Å². The molecule has 2 aromatic carbocycles. The van der Waals surface area contributed by atoms with Gasteiger partial charge in [-0.2, -0.15) is 0 Å². The Bertz CT molecular complexity index is 702. The third-order valence-corrected chi connectivity index (χ3v) is 8.82. The summed E-state index contributed by atoms with van der Waals surface area (Å²) in [6.07, 6.45) is 2.39. The van der Waals surface area contributed by atoms with E-state index in [1.807, 2.05) is 0 Å². The Labute approximate surface area is 129 Å². The zero-order valence-corrected chi connectivity index (χ0v) is 14.7. The SMILES string of the molecule is CC1=Cc2ccccc2C1[Si](C)(C)c1cc(C)cc(C)c1. The Morgan fingerprint density at radius 3 is 2.14 bits per heavy atom. The summed E-state index contributed by atoms with van der Waals surface area (Å²) in [5, 5.41) is 1.58. The molecule has 0 N–H and O–H groups in total. The molecule has 0 fully saturated rings. The van der Waals surface area contributed by atoms with Crippen molar-refractivity contribution < 1.29 is 0 Å². The highest BCUT2D eigenvalue weighted by molar-refractivity contribution is 6.91. The first-order chi connectivity index (χ1) is 9.89. The fraction of sp³-hybridized carbons (Fsp3) is 0.300. The molecule has 1 aliphatic carbocycles. The van der Waals surface area contributed by atoms with E-state index in [2.05, 4.69) is 82.4 Å². The summed E-state index contributed by atoms with van der Waals surface area (Å²) < 4.78 is 0. The summed E-state index contributed by atoms with van der Waals surface area (Å²) in [5.74, 6) is 0. The molecule has 0 saturated carbocycles. The van der Waals surface area contributed by atoms with Crippen molar-refractivity contribution in [3.63, 3.8) is 0 Å². The van der Waals surface area contributed by atoms with E-state index in [9.17, 15) is 0 Å². The maximum absolute atomic E-state index is 2.52. The molecule has 0 heterocycles. The van der Waals surface area contributed by atoms with Gasteiger partial charge in [0.2, 0.25) is 0 Å². The zero-order chi connectivity index (χ0) is 15.2. The average molecular weight is 292 g/mol. The Balaban J connectivity index is 2.12. The lowest BCUT2D eigenvalue weighted by Crippen LogP contribution is -2.48. The molecule has 0 radical (unpaired) electrons. The van der Waals surface area contributed by atoms with Gasteiger partial charge in [0.1, 0.15) is 0 Å². The van der Waals surface area contributed by atoms with E-state index >= 15 is 0 Å². The molecule has 1 heteroatoms. The lowest BCUT2D eigenvalue weighted by Gasteiger charge is -2.33. The molecule has 1 atom stereocenters. The first kappa shape index (κ1) is 14.3. The quantitative estimate of drug-likeness (QED) is 0.686. The van der Waals surface area contributed by atoms with E-state index in [1.54, 1.807) is 5.19 Å². The van der Waals surface area contributed by atoms with Crippen LogP contribution in [-0.2, 0) is 0 Å². The normalized spacial score (nSPS) is 17.6. The van der Waals surface area contributed by atoms with Gasteiger partial charge in [0.25, 0.3) is 0 Å². The summed E-state index contributed by atoms with van der Waals surface area (Å²) in [4.78, 5) is 0. The minimum atomic E-state index is -1.59. The number of rotatable bonds is 2. The third kappa shape index (κ3) is 2.40. The summed E-state index contributed by atoms with van der Waals surface area (Å²) in [7, 11) is -1.59. The Kier molecular flexibility index (Phi) is 3.41. The predicted molar refractivity (Wildman–Crippen MR) is 95.9 cm³/mol. The van der Waals surface area contributed by atoms with Gasteiger partial charge in [-0.25, -0.2) is 0 Å². The molecule has 0 bridgehead atoms. The molecule has 1 unspecified atom stereocenters. The van der Waals surface area contributed by atoms with Crippen molar-refractivity contribution in [2.24, 2.45) is 0 Å². The minimum absolute atomic E-state index is 0.606. The molecule has 21 heavy (non-hydrogen) atoms. The van der Waals surface area contributed by atoms with Gasteiger partial charge in [-0.1, -0.05) is 83.5 Å². The maximum Gasteiger partial charge on any atom is 0.0923 e. The van der Waals surface area contributed by atoms with Gasteiger partial charge in [0, 0.05) is 5.54 Å². The number of hydrogen-bond acceptors (Lipinski definition) is 0. The molecule has 0 aromatic heterocycles. The van der Waals surface area contributed by atoms with Crippen molar-refractivity contribution in [3.8, 4) is 0 Å². The molecule has 0 aliphatic heterocycles. The van der Waals surface area contributed by atoms with E-state index in [0.717, 1.165) is 0 Å². The molecule has 3 rings (SSSR count). The largest absolute Gasteiger partial charge is 0.0923 e. The van der Waals surface area contributed by atoms with Crippen molar-refractivity contribution in [2.75, 3.05) is 0 Å². The van der Waals surface area contributed by atoms with Crippen LogP contribution in [0, 0.1) is 13.8 Å². The van der Waals surface area contributed by atoms with E-state index in [4.69, 9.17) is 0 Å². The number of hydrogen-bond donors (Lipinski definition) is 0. The van der Waals surface area contributed by atoms with Crippen LogP contribution in [0.1, 0.15) is 34.7 Å². The fourth-order valence-corrected chi connectivity index (χ4v) is 7.75. The van der Waals surface area contributed by atoms with Gasteiger partial charge in [-0.15, -0.1) is 0 Å². The van der Waals surface area contributed by atoms with Crippen LogP contribution in [0.5, 0.6) is 0 Å². The highest BCUT2D eigenvalue weighted by Gasteiger charge is 2.39. The molecule has 108 valence electrons. The number of allylic oxidation sites excluding steroid dienone is 1. The van der Waals surface area contributed by atoms with Gasteiger partial charge < -0.3 is 0 Å². The van der Waals surface area contributed by atoms with Gasteiger partial charge in [-0.3, -0.25) is 0 Å². The van der Waals surface area contributed by atoms with Gasteiger partial charge >= 0.3 is 0 Å². The minimum Gasteiger partial charge on any atom is -0.0676 e. The number of fused-ring (bicyclic) bond motifs is 1. The summed E-state index contributed by atoms with van der Waals surface area (Å²) in [6.45, 7) is 11.8. The van der Waals surface area contributed by atoms with Crippen LogP contribution in [0.4, 0.5) is 0 Å². The number of aryl methyl sites for hydroxylation is 2. The smallest absolute Gasteiger partial charge is 0.0676 e. The topological polar surface area (TPSA) is 0 Å². The second-order valence-corrected chi connectivity index (χ2v) is 11.6. The Morgan fingerprint density at radius 1 is 0.857 bits per heavy atom. The monoisotopic (exact) mass is 292 g/mol. The lowest BCUT2D eigenvalue weighted by molar-refractivity contribution is 1.08. The van der Waals surface area contributed by atoms with Crippen LogP contribution in [0.25, 0.3) is 6.08 Å². The van der Waals surface area contributed by atoms with Crippen molar-refractivity contribution in [3.05, 3.63) is 70.3 Å². The molecule has 0 nitrogen and oxygen atoms in total. The molecule has 0 spiro atoms. The van der Waals surface area contributed by atoms with Crippen LogP contribution < -0.4 is 5.19 Å². The molecule has 0 saturated heterocycles. The van der Waals surface area contributed by atoms with Crippen molar-refractivity contribution in [1.29, 1.82) is 0 Å². The number of benzene rings is 2. The van der Waals surface area contributed by atoms with E-state index in [1.165, 1.54) is 27.8 Å². The second-order valence-electron chi connectivity index (χ2n) is 7.05. The van der Waals surface area contributed by atoms with Gasteiger partial charge in [0.15, 0.2) is 0 Å². The summed E-state index contributed by atoms with van der Waals surface area (Å²) in [5.41, 5.74) is 7.87. The zero-order valence-electron chi connectivity index (χ0n) is 13.7. The van der Waals surface area contributed by atoms with Crippen LogP contribution in [0.3, 0.4) is 0 Å². The fourth-order valence-electron chi connectivity index (χ4n) is 3.95. The molecular formula is C20H24Si. The van der Waals surface area contributed by atoms with E-state index < -0.39 is 8.07 Å². The maximum atomic E-state index is 2.52. The predicted octanol–water partition coefficient (Wildman–Crippen LogP) is 4.96. The summed E-state index contributed by atoms with van der Waals surface area (Å²) >= 11 is 0. The third-order valence-electron chi connectivity index (χ3n) is 4.83. The van der Waals surface area contributed by atoms with E-state index in [0.29, 0.717) is 5.54 Å². The average Bonchev–Trinajstić information content (AvgIpc) is 2.73. The second kappa shape index (κ2) is 4.99. The molecule has 0 amide bonds. The van der Waals surface area contributed by atoms with Crippen LogP contribution in [0.15, 0.2) is 48.0 Å². The molecule has 1 aliphatic rings. The summed E-state index contributed by atoms with van der Waals surface area (Å²) in [6, 6.07) is 16.0. The Morgan fingerprint density at radius 2 is 1.48 bits per heavy atom. The van der Waals surface area contributed by atoms with E-state index in [-0.39, 0.29) is 0 Å². The Hall–Kier alpha value is -1.60. The van der Waals surface area contributed by atoms with Crippen molar-refractivity contribution in [2.45, 2.75) is 39.4 Å². The van der Waals surface area contributed by atoms with Crippen molar-refractivity contribution >= 4 is 19.3 Å². The van der Waals surface area contributed by atoms with Crippen molar-refractivity contribution in [1.82, 2.24) is 0 Å². The first-order valence-electron chi connectivity index (χ1n) is 7.75. The van der Waals surface area contributed by atoms with Crippen LogP contribution in [-0.4, -0.2) is 8.07 Å². The lowest BCUT2D eigenvalue weighted by atomic mass is 10.1. The molecular weight excluding hydrogens is 268 g/mol. The van der Waals surface area contributed by atoms with Crippen LogP contribution >= 0.6 is 0 Å². The highest BCUT2D eigenvalue weighted by Crippen LogP contribution is 2.41. The first-order valence-corrected chi connectivity index (χ1v) is 10.8. The standard InChI is InChI=1S/C20H24Si/c1-14-10-15(2)12-18(11-14)21(4,5)20-16(3)13-17-8-6-7-9-19(17)20/h6-13,20H,1-5H3. The van der Waals surface area contributed by atoms with Gasteiger partial charge in [0.05, 0.1) is 8.07 Å². The van der Waals surface area contributed by atoms with Gasteiger partial charge in [-0.05, 0) is 31.9 Å².